The van der Waals surface area contributed by atoms with Gasteiger partial charge in [0.2, 0.25) is 0 Å². The van der Waals surface area contributed by atoms with Crippen LogP contribution in [0.25, 0.3) is 22.6 Å². The second kappa shape index (κ2) is 10.0. The average Bonchev–Trinajstić information content (AvgIpc) is 3.67. The van der Waals surface area contributed by atoms with Crippen LogP contribution in [0.4, 0.5) is 11.5 Å². The number of carbonyl (C=O) groups is 1. The zero-order valence-electron chi connectivity index (χ0n) is 21.0. The molecule has 0 radical (unpaired) electrons. The van der Waals surface area contributed by atoms with Crippen LogP contribution in [0.2, 0.25) is 0 Å². The van der Waals surface area contributed by atoms with Crippen LogP contribution in [-0.2, 0) is 6.54 Å². The quantitative estimate of drug-likeness (QED) is 0.302. The molecular weight excluding hydrogens is 480 g/mol. The molecule has 0 spiro atoms. The number of aliphatic hydroxyl groups excluding tert-OH is 1. The molecule has 1 fully saturated rings. The van der Waals surface area contributed by atoms with Gasteiger partial charge in [0.15, 0.2) is 11.6 Å². The van der Waals surface area contributed by atoms with Gasteiger partial charge in [0, 0.05) is 30.4 Å². The fourth-order valence-corrected chi connectivity index (χ4v) is 4.76. The molecule has 2 aromatic heterocycles. The van der Waals surface area contributed by atoms with Gasteiger partial charge < -0.3 is 25.0 Å². The summed E-state index contributed by atoms with van der Waals surface area (Å²) in [5.74, 6) is 1.64. The van der Waals surface area contributed by atoms with Crippen molar-refractivity contribution in [1.82, 2.24) is 19.7 Å². The Morgan fingerprint density at radius 1 is 1.11 bits per heavy atom. The van der Waals surface area contributed by atoms with Gasteiger partial charge in [0.05, 0.1) is 30.8 Å². The summed E-state index contributed by atoms with van der Waals surface area (Å²) in [6.45, 7) is 1.91. The highest BCUT2D eigenvalue weighted by Gasteiger charge is 2.21. The van der Waals surface area contributed by atoms with Crippen LogP contribution in [0.1, 0.15) is 22.3 Å². The second-order valence-corrected chi connectivity index (χ2v) is 9.41. The Bertz CT molecular complexity index is 1540. The standard InChI is InChI=1S/C29H28N6O3/c1-38-23-12-6-19(7-13-23)17-35-26(28-30-24-4-2-3-5-25(24)31-28)16-27(33-35)32-29(37)20-8-10-21(11-9-20)34-15-14-22(36)18-34/h2-13,16,22,36H,14-15,17-18H2,1H3,(H,30,31)(H,32,33,37)/t22-/m0/s1. The summed E-state index contributed by atoms with van der Waals surface area (Å²) in [5.41, 5.74) is 5.10. The van der Waals surface area contributed by atoms with Gasteiger partial charge in [0.25, 0.3) is 5.91 Å². The van der Waals surface area contributed by atoms with Gasteiger partial charge in [-0.2, -0.15) is 5.10 Å². The van der Waals surface area contributed by atoms with Gasteiger partial charge in [-0.05, 0) is 60.5 Å². The van der Waals surface area contributed by atoms with E-state index in [1.807, 2.05) is 71.4 Å². The largest absolute Gasteiger partial charge is 0.497 e. The van der Waals surface area contributed by atoms with Crippen LogP contribution in [0.15, 0.2) is 78.9 Å². The number of β-amino-alcohol motifs (C(OH)–C–C–N with tert-alkyl or cyclic N) is 1. The van der Waals surface area contributed by atoms with Crippen LogP contribution >= 0.6 is 0 Å². The number of para-hydroxylation sites is 2. The topological polar surface area (TPSA) is 108 Å². The third-order valence-corrected chi connectivity index (χ3v) is 6.80. The van der Waals surface area contributed by atoms with E-state index in [2.05, 4.69) is 15.2 Å². The number of imidazole rings is 1. The first-order valence-electron chi connectivity index (χ1n) is 12.6. The number of aliphatic hydroxyl groups is 1. The third-order valence-electron chi connectivity index (χ3n) is 6.80. The first-order valence-corrected chi connectivity index (χ1v) is 12.6. The predicted molar refractivity (Wildman–Crippen MR) is 147 cm³/mol. The lowest BCUT2D eigenvalue weighted by molar-refractivity contribution is 0.102. The Morgan fingerprint density at radius 2 is 1.89 bits per heavy atom. The molecule has 1 atom stereocenters. The van der Waals surface area contributed by atoms with E-state index in [1.165, 1.54) is 0 Å². The number of methoxy groups -OCH3 is 1. The number of aromatic amines is 1. The zero-order chi connectivity index (χ0) is 26.1. The number of hydrogen-bond donors (Lipinski definition) is 3. The van der Waals surface area contributed by atoms with Crippen LogP contribution in [0.5, 0.6) is 5.75 Å². The number of benzene rings is 3. The van der Waals surface area contributed by atoms with Crippen molar-refractivity contribution in [3.63, 3.8) is 0 Å². The van der Waals surface area contributed by atoms with Crippen molar-refractivity contribution >= 4 is 28.4 Å². The van der Waals surface area contributed by atoms with Crippen LogP contribution < -0.4 is 15.0 Å². The number of nitrogens with one attached hydrogen (secondary N) is 2. The Labute approximate surface area is 219 Å². The molecule has 3 aromatic carbocycles. The van der Waals surface area contributed by atoms with Crippen molar-refractivity contribution in [1.29, 1.82) is 0 Å². The Morgan fingerprint density at radius 3 is 2.61 bits per heavy atom. The maximum atomic E-state index is 13.1. The van der Waals surface area contributed by atoms with E-state index in [9.17, 15) is 9.90 Å². The molecule has 1 saturated heterocycles. The molecule has 38 heavy (non-hydrogen) atoms. The molecule has 9 nitrogen and oxygen atoms in total. The summed E-state index contributed by atoms with van der Waals surface area (Å²) in [5, 5.41) is 17.4. The summed E-state index contributed by atoms with van der Waals surface area (Å²) in [6, 6.07) is 24.9. The minimum Gasteiger partial charge on any atom is -0.497 e. The lowest BCUT2D eigenvalue weighted by Gasteiger charge is -2.17. The molecular formula is C29H28N6O3. The molecule has 0 unspecified atom stereocenters. The average molecular weight is 509 g/mol. The highest BCUT2D eigenvalue weighted by Crippen LogP contribution is 2.26. The van der Waals surface area contributed by atoms with E-state index >= 15 is 0 Å². The first kappa shape index (κ1) is 23.7. The van der Waals surface area contributed by atoms with Gasteiger partial charge in [0.1, 0.15) is 11.4 Å². The minimum absolute atomic E-state index is 0.247. The number of rotatable bonds is 7. The third kappa shape index (κ3) is 4.83. The van der Waals surface area contributed by atoms with E-state index in [0.29, 0.717) is 30.3 Å². The lowest BCUT2D eigenvalue weighted by Crippen LogP contribution is -2.21. The van der Waals surface area contributed by atoms with E-state index in [4.69, 9.17) is 14.8 Å². The molecule has 3 heterocycles. The molecule has 0 saturated carbocycles. The van der Waals surface area contributed by atoms with Crippen molar-refractivity contribution in [2.75, 3.05) is 30.4 Å². The molecule has 1 amide bonds. The first-order chi connectivity index (χ1) is 18.6. The van der Waals surface area contributed by atoms with Crippen molar-refractivity contribution in [2.45, 2.75) is 19.1 Å². The molecule has 0 aliphatic carbocycles. The normalized spacial score (nSPS) is 15.2. The predicted octanol–water partition coefficient (Wildman–Crippen LogP) is 4.31. The molecule has 0 bridgehead atoms. The second-order valence-electron chi connectivity index (χ2n) is 9.41. The SMILES string of the molecule is COc1ccc(Cn2nc(NC(=O)c3ccc(N4CC[C@H](O)C4)cc3)cc2-c2nc3ccccc3[nH]2)cc1. The van der Waals surface area contributed by atoms with Crippen molar-refractivity contribution in [3.8, 4) is 17.3 Å². The molecule has 1 aliphatic rings. The number of hydrogen-bond acceptors (Lipinski definition) is 6. The van der Waals surface area contributed by atoms with Crippen LogP contribution in [-0.4, -0.2) is 57.1 Å². The number of ether oxygens (including phenoxy) is 1. The Kier molecular flexibility index (Phi) is 6.27. The van der Waals surface area contributed by atoms with Crippen molar-refractivity contribution < 1.29 is 14.6 Å². The lowest BCUT2D eigenvalue weighted by atomic mass is 10.2. The van der Waals surface area contributed by atoms with Crippen LogP contribution in [0, 0.1) is 0 Å². The summed E-state index contributed by atoms with van der Waals surface area (Å²) in [7, 11) is 1.64. The Balaban J connectivity index is 1.27. The van der Waals surface area contributed by atoms with E-state index in [-0.39, 0.29) is 12.0 Å². The Hall–Kier alpha value is -4.63. The number of H-pyrrole nitrogens is 1. The number of nitrogens with zero attached hydrogens (tertiary/aromatic N) is 4. The smallest absolute Gasteiger partial charge is 0.256 e. The highest BCUT2D eigenvalue weighted by atomic mass is 16.5. The van der Waals surface area contributed by atoms with Gasteiger partial charge in [-0.1, -0.05) is 24.3 Å². The molecule has 6 rings (SSSR count). The van der Waals surface area contributed by atoms with Crippen molar-refractivity contribution in [3.05, 3.63) is 90.0 Å². The maximum absolute atomic E-state index is 13.1. The maximum Gasteiger partial charge on any atom is 0.256 e. The minimum atomic E-state index is -0.299. The number of aromatic nitrogens is 4. The number of carbonyl (C=O) groups excluding carboxylic acids is 1. The summed E-state index contributed by atoms with van der Waals surface area (Å²) in [6.07, 6.45) is 0.460. The molecule has 5 aromatic rings. The van der Waals surface area contributed by atoms with E-state index < -0.39 is 0 Å². The molecule has 1 aliphatic heterocycles. The number of amides is 1. The van der Waals surface area contributed by atoms with Gasteiger partial charge in [-0.15, -0.1) is 0 Å². The van der Waals surface area contributed by atoms with E-state index in [1.54, 1.807) is 19.2 Å². The highest BCUT2D eigenvalue weighted by molar-refractivity contribution is 6.04. The molecule has 192 valence electrons. The van der Waals surface area contributed by atoms with Crippen molar-refractivity contribution in [2.24, 2.45) is 0 Å². The summed E-state index contributed by atoms with van der Waals surface area (Å²) >= 11 is 0. The number of anilines is 2. The molecule has 9 heteroatoms. The van der Waals surface area contributed by atoms with Crippen LogP contribution in [0.3, 0.4) is 0 Å². The van der Waals surface area contributed by atoms with Gasteiger partial charge in [-0.3, -0.25) is 9.48 Å². The van der Waals surface area contributed by atoms with Gasteiger partial charge >= 0.3 is 0 Å². The summed E-state index contributed by atoms with van der Waals surface area (Å²) < 4.78 is 7.11. The molecule has 3 N–H and O–H groups in total. The van der Waals surface area contributed by atoms with E-state index in [0.717, 1.165) is 46.7 Å². The fraction of sp³-hybridized carbons (Fsp3) is 0.207. The fourth-order valence-electron chi connectivity index (χ4n) is 4.76. The monoisotopic (exact) mass is 508 g/mol. The number of fused-ring (bicyclic) bond motifs is 1. The summed E-state index contributed by atoms with van der Waals surface area (Å²) in [4.78, 5) is 23.3. The van der Waals surface area contributed by atoms with Gasteiger partial charge in [-0.25, -0.2) is 4.98 Å². The zero-order valence-corrected chi connectivity index (χ0v) is 21.0.